The summed E-state index contributed by atoms with van der Waals surface area (Å²) in [5.41, 5.74) is 0. The van der Waals surface area contributed by atoms with Gasteiger partial charge in [-0.05, 0) is 12.8 Å². The molecule has 0 fully saturated rings. The van der Waals surface area contributed by atoms with E-state index in [2.05, 4.69) is 24.1 Å². The van der Waals surface area contributed by atoms with Gasteiger partial charge in [0.2, 0.25) is 0 Å². The Hall–Kier alpha value is -0.330. The third kappa shape index (κ3) is 8.72. The molecular weight excluding hydrogens is 245 g/mol. The van der Waals surface area contributed by atoms with Gasteiger partial charge in [-0.3, -0.25) is 4.90 Å². The smallest absolute Gasteiger partial charge is 0.383 e. The molecule has 0 amide bonds. The lowest BCUT2D eigenvalue weighted by Gasteiger charge is -2.30. The van der Waals surface area contributed by atoms with E-state index in [-0.39, 0.29) is 0 Å². The molecule has 0 aromatic heterocycles. The highest BCUT2D eigenvalue weighted by Crippen LogP contribution is 2.12. The summed E-state index contributed by atoms with van der Waals surface area (Å²) in [5.74, 6) is 0. The molecule has 0 heterocycles. The van der Waals surface area contributed by atoms with Gasteiger partial charge in [0.25, 0.3) is 0 Å². The molecule has 0 atom stereocenters. The highest BCUT2D eigenvalue weighted by molar-refractivity contribution is 4.70. The molecule has 3 nitrogen and oxygen atoms in total. The first-order chi connectivity index (χ1) is 8.44. The highest BCUT2D eigenvalue weighted by atomic mass is 19.4. The van der Waals surface area contributed by atoms with Crippen LogP contribution in [-0.4, -0.2) is 57.0 Å². The Morgan fingerprint density at radius 3 is 2.22 bits per heavy atom. The summed E-state index contributed by atoms with van der Waals surface area (Å²) in [6, 6.07) is 0.410. The van der Waals surface area contributed by atoms with Crippen molar-refractivity contribution in [1.82, 2.24) is 10.2 Å². The molecule has 0 aromatic carbocycles. The number of halogens is 3. The topological polar surface area (TPSA) is 24.5 Å². The van der Waals surface area contributed by atoms with E-state index in [1.807, 2.05) is 0 Å². The van der Waals surface area contributed by atoms with Crippen LogP contribution < -0.4 is 5.32 Å². The van der Waals surface area contributed by atoms with Crippen molar-refractivity contribution in [1.29, 1.82) is 0 Å². The summed E-state index contributed by atoms with van der Waals surface area (Å²) in [6.07, 6.45) is -2.13. The quantitative estimate of drug-likeness (QED) is 0.616. The molecule has 6 heteroatoms. The maximum atomic E-state index is 12.0. The van der Waals surface area contributed by atoms with Crippen molar-refractivity contribution >= 4 is 0 Å². The van der Waals surface area contributed by atoms with Crippen molar-refractivity contribution in [2.45, 2.75) is 38.9 Å². The third-order valence-electron chi connectivity index (χ3n) is 2.94. The normalized spacial score (nSPS) is 12.7. The molecule has 0 rings (SSSR count). The predicted octanol–water partition coefficient (Wildman–Crippen LogP) is 2.28. The molecule has 0 aromatic rings. The zero-order chi connectivity index (χ0) is 14.0. The van der Waals surface area contributed by atoms with E-state index in [0.717, 1.165) is 19.4 Å². The van der Waals surface area contributed by atoms with Crippen LogP contribution in [0.5, 0.6) is 0 Å². The summed E-state index contributed by atoms with van der Waals surface area (Å²) in [7, 11) is 1.63. The Labute approximate surface area is 108 Å². The van der Waals surface area contributed by atoms with Crippen LogP contribution in [-0.2, 0) is 4.74 Å². The molecule has 1 N–H and O–H groups in total. The van der Waals surface area contributed by atoms with Gasteiger partial charge in [0.1, 0.15) is 0 Å². The van der Waals surface area contributed by atoms with Crippen LogP contribution in [0.4, 0.5) is 13.2 Å². The molecule has 0 radical (unpaired) electrons. The monoisotopic (exact) mass is 270 g/mol. The van der Waals surface area contributed by atoms with Crippen molar-refractivity contribution in [3.63, 3.8) is 0 Å². The first-order valence-electron chi connectivity index (χ1n) is 6.45. The molecule has 18 heavy (non-hydrogen) atoms. The molecule has 0 bridgehead atoms. The zero-order valence-corrected chi connectivity index (χ0v) is 11.5. The largest absolute Gasteiger partial charge is 0.401 e. The van der Waals surface area contributed by atoms with E-state index in [0.29, 0.717) is 25.7 Å². The van der Waals surface area contributed by atoms with E-state index in [1.54, 1.807) is 7.11 Å². The Bertz CT molecular complexity index is 196. The minimum Gasteiger partial charge on any atom is -0.383 e. The molecule has 0 unspecified atom stereocenters. The van der Waals surface area contributed by atoms with Crippen molar-refractivity contribution in [3.05, 3.63) is 0 Å². The van der Waals surface area contributed by atoms with Gasteiger partial charge in [-0.1, -0.05) is 13.8 Å². The van der Waals surface area contributed by atoms with Crippen LogP contribution in [0.2, 0.25) is 0 Å². The standard InChI is InChI=1S/C12H25F3N2O/c1-4-11(5-2)17(8-9-18-3)7-6-16-10-12(13,14)15/h11,16H,4-10H2,1-3H3. The summed E-state index contributed by atoms with van der Waals surface area (Å²) in [6.45, 7) is 5.60. The Morgan fingerprint density at radius 1 is 1.17 bits per heavy atom. The fourth-order valence-corrected chi connectivity index (χ4v) is 1.94. The van der Waals surface area contributed by atoms with Crippen LogP contribution in [0.3, 0.4) is 0 Å². The highest BCUT2D eigenvalue weighted by Gasteiger charge is 2.26. The van der Waals surface area contributed by atoms with Gasteiger partial charge in [0.15, 0.2) is 0 Å². The fourth-order valence-electron chi connectivity index (χ4n) is 1.94. The molecule has 0 saturated carbocycles. The van der Waals surface area contributed by atoms with Crippen LogP contribution in [0, 0.1) is 0 Å². The molecule has 0 saturated heterocycles. The van der Waals surface area contributed by atoms with E-state index < -0.39 is 12.7 Å². The summed E-state index contributed by atoms with van der Waals surface area (Å²) >= 11 is 0. The first-order valence-corrected chi connectivity index (χ1v) is 6.45. The number of hydrogen-bond donors (Lipinski definition) is 1. The number of hydrogen-bond acceptors (Lipinski definition) is 3. The average Bonchev–Trinajstić information content (AvgIpc) is 2.30. The number of ether oxygens (including phenoxy) is 1. The maximum absolute atomic E-state index is 12.0. The lowest BCUT2D eigenvalue weighted by Crippen LogP contribution is -2.42. The number of nitrogens with zero attached hydrogens (tertiary/aromatic N) is 1. The second kappa shape index (κ2) is 9.58. The fraction of sp³-hybridized carbons (Fsp3) is 1.00. The van der Waals surface area contributed by atoms with Gasteiger partial charge in [0, 0.05) is 32.8 Å². The maximum Gasteiger partial charge on any atom is 0.401 e. The third-order valence-corrected chi connectivity index (χ3v) is 2.94. The Morgan fingerprint density at radius 2 is 1.78 bits per heavy atom. The van der Waals surface area contributed by atoms with E-state index in [4.69, 9.17) is 4.74 Å². The van der Waals surface area contributed by atoms with Gasteiger partial charge in [0.05, 0.1) is 13.2 Å². The lowest BCUT2D eigenvalue weighted by atomic mass is 10.1. The van der Waals surface area contributed by atoms with Crippen LogP contribution in [0.15, 0.2) is 0 Å². The van der Waals surface area contributed by atoms with Gasteiger partial charge in [-0.2, -0.15) is 13.2 Å². The van der Waals surface area contributed by atoms with Crippen molar-refractivity contribution in [3.8, 4) is 0 Å². The molecule has 0 spiro atoms. The molecule has 0 aliphatic heterocycles. The molecule has 110 valence electrons. The van der Waals surface area contributed by atoms with Crippen LogP contribution in [0.1, 0.15) is 26.7 Å². The zero-order valence-electron chi connectivity index (χ0n) is 11.5. The van der Waals surface area contributed by atoms with Gasteiger partial charge in [-0.15, -0.1) is 0 Å². The van der Waals surface area contributed by atoms with E-state index in [1.165, 1.54) is 0 Å². The number of nitrogens with one attached hydrogen (secondary N) is 1. The molecular formula is C12H25F3N2O. The summed E-state index contributed by atoms with van der Waals surface area (Å²) < 4.78 is 41.0. The predicted molar refractivity (Wildman–Crippen MR) is 66.7 cm³/mol. The van der Waals surface area contributed by atoms with Gasteiger partial charge in [-0.25, -0.2) is 0 Å². The lowest BCUT2D eigenvalue weighted by molar-refractivity contribution is -0.124. The average molecular weight is 270 g/mol. The van der Waals surface area contributed by atoms with Gasteiger partial charge >= 0.3 is 6.18 Å². The second-order valence-electron chi connectivity index (χ2n) is 4.29. The van der Waals surface area contributed by atoms with Crippen LogP contribution >= 0.6 is 0 Å². The molecule has 0 aliphatic rings. The number of rotatable bonds is 10. The minimum atomic E-state index is -4.13. The Kier molecular flexibility index (Phi) is 9.40. The SMILES string of the molecule is CCC(CC)N(CCNCC(F)(F)F)CCOC. The van der Waals surface area contributed by atoms with Gasteiger partial charge < -0.3 is 10.1 Å². The number of alkyl halides is 3. The first kappa shape index (κ1) is 17.7. The number of methoxy groups -OCH3 is 1. The van der Waals surface area contributed by atoms with Crippen molar-refractivity contribution < 1.29 is 17.9 Å². The second-order valence-corrected chi connectivity index (χ2v) is 4.29. The Balaban J connectivity index is 4.00. The van der Waals surface area contributed by atoms with Crippen LogP contribution in [0.25, 0.3) is 0 Å². The molecule has 0 aliphatic carbocycles. The van der Waals surface area contributed by atoms with E-state index in [9.17, 15) is 13.2 Å². The van der Waals surface area contributed by atoms with Crippen molar-refractivity contribution in [2.24, 2.45) is 0 Å². The van der Waals surface area contributed by atoms with Crippen molar-refractivity contribution in [2.75, 3.05) is 39.9 Å². The van der Waals surface area contributed by atoms with E-state index >= 15 is 0 Å². The minimum absolute atomic E-state index is 0.347. The summed E-state index contributed by atoms with van der Waals surface area (Å²) in [5, 5.41) is 2.43. The summed E-state index contributed by atoms with van der Waals surface area (Å²) in [4.78, 5) is 2.19.